The highest BCUT2D eigenvalue weighted by molar-refractivity contribution is 7.91. The van der Waals surface area contributed by atoms with E-state index in [-0.39, 0.29) is 23.9 Å². The molecule has 7 nitrogen and oxygen atoms in total. The van der Waals surface area contributed by atoms with E-state index >= 15 is 0 Å². The smallest absolute Gasteiger partial charge is 0.329 e. The summed E-state index contributed by atoms with van der Waals surface area (Å²) in [5.41, 5.74) is 4.14. The number of anilines is 1. The fraction of sp³-hybridized carbons (Fsp3) is 0.500. The van der Waals surface area contributed by atoms with Gasteiger partial charge in [0.1, 0.15) is 5.82 Å². The van der Waals surface area contributed by atoms with E-state index in [4.69, 9.17) is 5.73 Å². The van der Waals surface area contributed by atoms with Crippen LogP contribution >= 0.6 is 0 Å². The van der Waals surface area contributed by atoms with E-state index in [1.54, 1.807) is 0 Å². The summed E-state index contributed by atoms with van der Waals surface area (Å²) in [6.45, 7) is 1.46. The minimum Gasteiger partial charge on any atom is -0.385 e. The van der Waals surface area contributed by atoms with Gasteiger partial charge in [-0.05, 0) is 0 Å². The summed E-state index contributed by atoms with van der Waals surface area (Å²) in [7, 11) is -3.17. The SMILES string of the molecule is CCS(=O)(=O)CCn1c(N)cc(=O)[nH]c1=O. The predicted molar refractivity (Wildman–Crippen MR) is 60.1 cm³/mol. The molecule has 0 saturated carbocycles. The van der Waals surface area contributed by atoms with Crippen molar-refractivity contribution in [1.82, 2.24) is 9.55 Å². The number of hydrogen-bond donors (Lipinski definition) is 2. The summed E-state index contributed by atoms with van der Waals surface area (Å²) in [6.07, 6.45) is 0. The summed E-state index contributed by atoms with van der Waals surface area (Å²) >= 11 is 0. The van der Waals surface area contributed by atoms with Crippen molar-refractivity contribution < 1.29 is 8.42 Å². The molecule has 16 heavy (non-hydrogen) atoms. The Hall–Kier alpha value is -1.57. The normalized spacial score (nSPS) is 11.6. The van der Waals surface area contributed by atoms with Crippen molar-refractivity contribution in [3.05, 3.63) is 26.9 Å². The van der Waals surface area contributed by atoms with Gasteiger partial charge in [0, 0.05) is 18.4 Å². The minimum atomic E-state index is -3.17. The van der Waals surface area contributed by atoms with Crippen molar-refractivity contribution in [3.8, 4) is 0 Å². The van der Waals surface area contributed by atoms with Crippen molar-refractivity contribution >= 4 is 15.7 Å². The number of aromatic nitrogens is 2. The fourth-order valence-electron chi connectivity index (χ4n) is 1.14. The number of H-pyrrole nitrogens is 1. The van der Waals surface area contributed by atoms with E-state index in [2.05, 4.69) is 0 Å². The molecule has 1 heterocycles. The molecule has 0 radical (unpaired) electrons. The van der Waals surface area contributed by atoms with E-state index in [1.165, 1.54) is 6.92 Å². The lowest BCUT2D eigenvalue weighted by molar-refractivity contribution is 0.587. The largest absolute Gasteiger partial charge is 0.385 e. The third-order valence-corrected chi connectivity index (χ3v) is 3.82. The number of rotatable bonds is 4. The van der Waals surface area contributed by atoms with Gasteiger partial charge in [0.2, 0.25) is 0 Å². The van der Waals surface area contributed by atoms with Crippen LogP contribution in [0.3, 0.4) is 0 Å². The maximum atomic E-state index is 11.3. The van der Waals surface area contributed by atoms with Gasteiger partial charge >= 0.3 is 5.69 Å². The van der Waals surface area contributed by atoms with Gasteiger partial charge < -0.3 is 5.73 Å². The Balaban J connectivity index is 3.00. The van der Waals surface area contributed by atoms with Crippen LogP contribution in [-0.2, 0) is 16.4 Å². The predicted octanol–water partition coefficient (Wildman–Crippen LogP) is -1.45. The number of nitrogens with zero attached hydrogens (tertiary/aromatic N) is 1. The first kappa shape index (κ1) is 12.5. The number of nitrogens with two attached hydrogens (primary N) is 1. The zero-order valence-electron chi connectivity index (χ0n) is 8.76. The molecule has 0 spiro atoms. The lowest BCUT2D eigenvalue weighted by Crippen LogP contribution is -2.33. The minimum absolute atomic E-state index is 0.00497. The highest BCUT2D eigenvalue weighted by atomic mass is 32.2. The number of nitrogen functional groups attached to an aromatic ring is 1. The monoisotopic (exact) mass is 247 g/mol. The first-order valence-electron chi connectivity index (χ1n) is 4.66. The van der Waals surface area contributed by atoms with Crippen LogP contribution in [0.1, 0.15) is 6.92 Å². The molecule has 1 rings (SSSR count). The second-order valence-electron chi connectivity index (χ2n) is 3.25. The Morgan fingerprint density at radius 1 is 1.44 bits per heavy atom. The summed E-state index contributed by atoms with van der Waals surface area (Å²) in [5, 5.41) is 0. The van der Waals surface area contributed by atoms with Gasteiger partial charge in [-0.2, -0.15) is 0 Å². The second kappa shape index (κ2) is 4.52. The van der Waals surface area contributed by atoms with Gasteiger partial charge in [-0.3, -0.25) is 14.3 Å². The Labute approximate surface area is 91.8 Å². The van der Waals surface area contributed by atoms with Crippen LogP contribution in [-0.4, -0.2) is 29.5 Å². The lowest BCUT2D eigenvalue weighted by Gasteiger charge is -2.07. The highest BCUT2D eigenvalue weighted by Gasteiger charge is 2.10. The maximum absolute atomic E-state index is 11.3. The maximum Gasteiger partial charge on any atom is 0.329 e. The summed E-state index contributed by atoms with van der Waals surface area (Å²) in [6, 6.07) is 1.04. The summed E-state index contributed by atoms with van der Waals surface area (Å²) < 4.78 is 23.5. The first-order chi connectivity index (χ1) is 7.35. The van der Waals surface area contributed by atoms with Crippen molar-refractivity contribution in [1.29, 1.82) is 0 Å². The third kappa shape index (κ3) is 2.96. The Morgan fingerprint density at radius 2 is 2.06 bits per heavy atom. The van der Waals surface area contributed by atoms with E-state index in [0.717, 1.165) is 10.6 Å². The average Bonchev–Trinajstić information content (AvgIpc) is 2.16. The summed E-state index contributed by atoms with van der Waals surface area (Å²) in [4.78, 5) is 24.2. The molecule has 0 amide bonds. The van der Waals surface area contributed by atoms with E-state index in [0.29, 0.717) is 0 Å². The molecule has 0 bridgehead atoms. The molecule has 0 aliphatic carbocycles. The molecule has 1 aromatic rings. The van der Waals surface area contributed by atoms with Crippen LogP contribution in [0.4, 0.5) is 5.82 Å². The zero-order valence-corrected chi connectivity index (χ0v) is 9.58. The number of hydrogen-bond acceptors (Lipinski definition) is 5. The van der Waals surface area contributed by atoms with Crippen molar-refractivity contribution in [2.24, 2.45) is 0 Å². The molecule has 0 aliphatic heterocycles. The quantitative estimate of drug-likeness (QED) is 0.675. The van der Waals surface area contributed by atoms with Crippen LogP contribution in [0.15, 0.2) is 15.7 Å². The fourth-order valence-corrected chi connectivity index (χ4v) is 1.89. The van der Waals surface area contributed by atoms with E-state index in [9.17, 15) is 18.0 Å². The standard InChI is InChI=1S/C8H13N3O4S/c1-2-16(14,15)4-3-11-6(9)5-7(12)10-8(11)13/h5H,2-4,9H2,1H3,(H,10,12,13). The molecule has 3 N–H and O–H groups in total. The topological polar surface area (TPSA) is 115 Å². The second-order valence-corrected chi connectivity index (χ2v) is 5.72. The molecule has 90 valence electrons. The zero-order chi connectivity index (χ0) is 12.3. The molecule has 0 saturated heterocycles. The molecule has 0 aromatic carbocycles. The van der Waals surface area contributed by atoms with Gasteiger partial charge in [0.05, 0.1) is 5.75 Å². The first-order valence-corrected chi connectivity index (χ1v) is 6.48. The molecule has 1 aromatic heterocycles. The van der Waals surface area contributed by atoms with E-state index < -0.39 is 21.1 Å². The van der Waals surface area contributed by atoms with Crippen molar-refractivity contribution in [2.45, 2.75) is 13.5 Å². The molecule has 0 fully saturated rings. The van der Waals surface area contributed by atoms with Gasteiger partial charge in [0.15, 0.2) is 9.84 Å². The molecule has 8 heteroatoms. The molecular weight excluding hydrogens is 234 g/mol. The molecule has 0 aliphatic rings. The summed E-state index contributed by atoms with van der Waals surface area (Å²) in [5.74, 6) is -0.218. The highest BCUT2D eigenvalue weighted by Crippen LogP contribution is 1.96. The van der Waals surface area contributed by atoms with Crippen LogP contribution in [0.25, 0.3) is 0 Å². The van der Waals surface area contributed by atoms with Crippen LogP contribution in [0.5, 0.6) is 0 Å². The van der Waals surface area contributed by atoms with Crippen molar-refractivity contribution in [2.75, 3.05) is 17.2 Å². The van der Waals surface area contributed by atoms with Crippen LogP contribution < -0.4 is 17.0 Å². The third-order valence-electron chi connectivity index (χ3n) is 2.13. The van der Waals surface area contributed by atoms with Crippen LogP contribution in [0, 0.1) is 0 Å². The lowest BCUT2D eigenvalue weighted by atomic mass is 10.5. The molecular formula is C8H13N3O4S. The number of sulfone groups is 1. The number of aromatic amines is 1. The molecule has 0 atom stereocenters. The van der Waals surface area contributed by atoms with Crippen LogP contribution in [0.2, 0.25) is 0 Å². The van der Waals surface area contributed by atoms with Gasteiger partial charge in [-0.1, -0.05) is 6.92 Å². The van der Waals surface area contributed by atoms with Gasteiger partial charge in [-0.25, -0.2) is 13.2 Å². The van der Waals surface area contributed by atoms with Gasteiger partial charge in [0.25, 0.3) is 5.56 Å². The van der Waals surface area contributed by atoms with Gasteiger partial charge in [-0.15, -0.1) is 0 Å². The Bertz CT molecular complexity index is 584. The number of nitrogens with one attached hydrogen (secondary N) is 1. The molecule has 0 unspecified atom stereocenters. The van der Waals surface area contributed by atoms with E-state index in [1.807, 2.05) is 4.98 Å². The van der Waals surface area contributed by atoms with Crippen molar-refractivity contribution in [3.63, 3.8) is 0 Å². The Morgan fingerprint density at radius 3 is 2.56 bits per heavy atom. The Kier molecular flexibility index (Phi) is 3.53. The average molecular weight is 247 g/mol.